The molecule has 0 saturated heterocycles. The first-order valence-electron chi connectivity index (χ1n) is 5.62. The molecule has 2 rings (SSSR count). The van der Waals surface area contributed by atoms with Crippen molar-refractivity contribution >= 4 is 5.97 Å². The monoisotopic (exact) mass is 245 g/mol. The van der Waals surface area contributed by atoms with E-state index in [2.05, 4.69) is 4.74 Å². The predicted molar refractivity (Wildman–Crippen MR) is 67.3 cm³/mol. The molecule has 1 unspecified atom stereocenters. The molecule has 18 heavy (non-hydrogen) atoms. The van der Waals surface area contributed by atoms with Crippen molar-refractivity contribution in [3.8, 4) is 0 Å². The van der Waals surface area contributed by atoms with Gasteiger partial charge in [0.2, 0.25) is 5.76 Å². The van der Waals surface area contributed by atoms with Gasteiger partial charge in [-0.15, -0.1) is 0 Å². The van der Waals surface area contributed by atoms with E-state index in [1.807, 2.05) is 31.2 Å². The number of furan rings is 1. The maximum Gasteiger partial charge on any atom is 0.373 e. The summed E-state index contributed by atoms with van der Waals surface area (Å²) < 4.78 is 9.96. The molecule has 0 amide bonds. The fraction of sp³-hybridized carbons (Fsp3) is 0.214. The minimum Gasteiger partial charge on any atom is -0.463 e. The van der Waals surface area contributed by atoms with E-state index in [9.17, 15) is 4.79 Å². The van der Waals surface area contributed by atoms with Crippen molar-refractivity contribution < 1.29 is 13.9 Å². The quantitative estimate of drug-likeness (QED) is 0.843. The average molecular weight is 245 g/mol. The maximum atomic E-state index is 11.3. The molecule has 0 radical (unpaired) electrons. The van der Waals surface area contributed by atoms with Crippen LogP contribution in [0.25, 0.3) is 0 Å². The highest BCUT2D eigenvalue weighted by molar-refractivity contribution is 5.86. The number of hydrogen-bond donors (Lipinski definition) is 1. The lowest BCUT2D eigenvalue weighted by molar-refractivity contribution is 0.0562. The lowest BCUT2D eigenvalue weighted by Gasteiger charge is -2.09. The Morgan fingerprint density at radius 3 is 2.50 bits per heavy atom. The molecule has 1 aromatic heterocycles. The molecule has 0 aliphatic heterocycles. The van der Waals surface area contributed by atoms with Gasteiger partial charge in [0.15, 0.2) is 0 Å². The number of rotatable bonds is 3. The second kappa shape index (κ2) is 5.06. The van der Waals surface area contributed by atoms with Crippen LogP contribution in [0.3, 0.4) is 0 Å². The Labute approximate surface area is 105 Å². The number of aryl methyl sites for hydroxylation is 1. The van der Waals surface area contributed by atoms with Gasteiger partial charge in [0, 0.05) is 0 Å². The summed E-state index contributed by atoms with van der Waals surface area (Å²) in [6, 6.07) is 10.7. The number of hydrogen-bond acceptors (Lipinski definition) is 4. The average Bonchev–Trinajstić information content (AvgIpc) is 2.87. The van der Waals surface area contributed by atoms with Gasteiger partial charge < -0.3 is 14.9 Å². The predicted octanol–water partition coefficient (Wildman–Crippen LogP) is 2.42. The third-order valence-corrected chi connectivity index (χ3v) is 2.76. The van der Waals surface area contributed by atoms with Crippen molar-refractivity contribution in [1.29, 1.82) is 0 Å². The molecule has 1 heterocycles. The fourth-order valence-corrected chi connectivity index (χ4v) is 1.67. The molecular formula is C14H15NO3. The van der Waals surface area contributed by atoms with E-state index in [1.165, 1.54) is 12.7 Å². The van der Waals surface area contributed by atoms with Gasteiger partial charge in [-0.05, 0) is 24.6 Å². The molecule has 0 bridgehead atoms. The summed E-state index contributed by atoms with van der Waals surface area (Å²) in [7, 11) is 1.31. The Kier molecular flexibility index (Phi) is 3.48. The number of carbonyl (C=O) groups is 1. The number of methoxy groups -OCH3 is 1. The molecular weight excluding hydrogens is 230 g/mol. The van der Waals surface area contributed by atoms with Crippen molar-refractivity contribution in [3.05, 3.63) is 59.0 Å². The van der Waals surface area contributed by atoms with E-state index < -0.39 is 5.97 Å². The van der Waals surface area contributed by atoms with Crippen LogP contribution in [0.4, 0.5) is 0 Å². The normalized spacial score (nSPS) is 12.2. The van der Waals surface area contributed by atoms with Crippen LogP contribution < -0.4 is 5.73 Å². The van der Waals surface area contributed by atoms with Gasteiger partial charge in [-0.1, -0.05) is 29.8 Å². The van der Waals surface area contributed by atoms with Crippen molar-refractivity contribution in [2.24, 2.45) is 5.73 Å². The summed E-state index contributed by atoms with van der Waals surface area (Å²) in [5.41, 5.74) is 8.18. The van der Waals surface area contributed by atoms with E-state index in [4.69, 9.17) is 10.2 Å². The summed E-state index contributed by atoms with van der Waals surface area (Å²) in [4.78, 5) is 11.3. The van der Waals surface area contributed by atoms with Gasteiger partial charge in [-0.2, -0.15) is 0 Å². The molecule has 4 nitrogen and oxygen atoms in total. The summed E-state index contributed by atoms with van der Waals surface area (Å²) in [6.07, 6.45) is 0. The molecule has 1 aromatic carbocycles. The highest BCUT2D eigenvalue weighted by atomic mass is 16.5. The van der Waals surface area contributed by atoms with Crippen molar-refractivity contribution in [1.82, 2.24) is 0 Å². The molecule has 0 spiro atoms. The molecule has 4 heteroatoms. The first-order valence-corrected chi connectivity index (χ1v) is 5.62. The lowest BCUT2D eigenvalue weighted by atomic mass is 10.0. The van der Waals surface area contributed by atoms with Gasteiger partial charge >= 0.3 is 5.97 Å². The van der Waals surface area contributed by atoms with Gasteiger partial charge in [0.1, 0.15) is 5.76 Å². The lowest BCUT2D eigenvalue weighted by Crippen LogP contribution is -2.10. The highest BCUT2D eigenvalue weighted by Crippen LogP contribution is 2.22. The van der Waals surface area contributed by atoms with E-state index in [0.717, 1.165) is 5.56 Å². The van der Waals surface area contributed by atoms with Crippen LogP contribution in [0, 0.1) is 6.92 Å². The minimum absolute atomic E-state index is 0.162. The molecule has 2 aromatic rings. The van der Waals surface area contributed by atoms with Crippen LogP contribution in [0.5, 0.6) is 0 Å². The van der Waals surface area contributed by atoms with E-state index >= 15 is 0 Å². The first kappa shape index (κ1) is 12.4. The second-order valence-electron chi connectivity index (χ2n) is 4.08. The zero-order chi connectivity index (χ0) is 13.1. The molecule has 0 aliphatic carbocycles. The molecule has 0 aliphatic rings. The van der Waals surface area contributed by atoms with Gasteiger partial charge in [0.25, 0.3) is 0 Å². The van der Waals surface area contributed by atoms with E-state index in [0.29, 0.717) is 5.76 Å². The zero-order valence-corrected chi connectivity index (χ0v) is 10.3. The number of carbonyl (C=O) groups excluding carboxylic acids is 1. The Hall–Kier alpha value is -2.07. The minimum atomic E-state index is -0.502. The molecule has 1 atom stereocenters. The molecule has 0 saturated carbocycles. The third-order valence-electron chi connectivity index (χ3n) is 2.76. The van der Waals surface area contributed by atoms with Crippen LogP contribution in [0.15, 0.2) is 40.8 Å². The Balaban J connectivity index is 2.23. The fourth-order valence-electron chi connectivity index (χ4n) is 1.67. The van der Waals surface area contributed by atoms with Crippen LogP contribution >= 0.6 is 0 Å². The summed E-state index contributed by atoms with van der Waals surface area (Å²) in [6.45, 7) is 2.01. The second-order valence-corrected chi connectivity index (χ2v) is 4.08. The van der Waals surface area contributed by atoms with Crippen molar-refractivity contribution in [2.45, 2.75) is 13.0 Å². The van der Waals surface area contributed by atoms with Gasteiger partial charge in [-0.25, -0.2) is 4.79 Å². The number of esters is 1. The largest absolute Gasteiger partial charge is 0.463 e. The maximum absolute atomic E-state index is 11.3. The van der Waals surface area contributed by atoms with Crippen LogP contribution in [0.1, 0.15) is 33.5 Å². The van der Waals surface area contributed by atoms with Crippen LogP contribution in [0.2, 0.25) is 0 Å². The summed E-state index contributed by atoms with van der Waals surface area (Å²) >= 11 is 0. The van der Waals surface area contributed by atoms with Crippen molar-refractivity contribution in [3.63, 3.8) is 0 Å². The van der Waals surface area contributed by atoms with Gasteiger partial charge in [0.05, 0.1) is 13.2 Å². The summed E-state index contributed by atoms with van der Waals surface area (Å²) in [5.74, 6) is 0.201. The third kappa shape index (κ3) is 2.43. The van der Waals surface area contributed by atoms with Gasteiger partial charge in [-0.3, -0.25) is 0 Å². The highest BCUT2D eigenvalue weighted by Gasteiger charge is 2.16. The van der Waals surface area contributed by atoms with E-state index in [-0.39, 0.29) is 11.8 Å². The van der Waals surface area contributed by atoms with Crippen LogP contribution in [-0.2, 0) is 4.74 Å². The standard InChI is InChI=1S/C14H15NO3/c1-9-3-5-10(6-4-9)13(15)11-7-8-12(18-11)14(16)17-2/h3-8,13H,15H2,1-2H3. The van der Waals surface area contributed by atoms with Crippen molar-refractivity contribution in [2.75, 3.05) is 7.11 Å². The number of ether oxygens (including phenoxy) is 1. The molecule has 2 N–H and O–H groups in total. The molecule has 94 valence electrons. The Morgan fingerprint density at radius 2 is 1.89 bits per heavy atom. The zero-order valence-electron chi connectivity index (χ0n) is 10.3. The molecule has 0 fully saturated rings. The Morgan fingerprint density at radius 1 is 1.22 bits per heavy atom. The Bertz CT molecular complexity index is 542. The summed E-state index contributed by atoms with van der Waals surface area (Å²) in [5, 5.41) is 0. The topological polar surface area (TPSA) is 65.5 Å². The number of benzene rings is 1. The van der Waals surface area contributed by atoms with E-state index in [1.54, 1.807) is 12.1 Å². The smallest absolute Gasteiger partial charge is 0.373 e. The SMILES string of the molecule is COC(=O)c1ccc(C(N)c2ccc(C)cc2)o1. The van der Waals surface area contributed by atoms with Crippen LogP contribution in [-0.4, -0.2) is 13.1 Å². The number of nitrogens with two attached hydrogens (primary N) is 1. The first-order chi connectivity index (χ1) is 8.61.